The second-order valence-electron chi connectivity index (χ2n) is 5.24. The molecular formula is C14H18N4O4. The number of aliphatic hydroxyl groups is 1. The van der Waals surface area contributed by atoms with Gasteiger partial charge in [-0.15, -0.1) is 0 Å². The third-order valence-electron chi connectivity index (χ3n) is 3.32. The maximum absolute atomic E-state index is 11.7. The van der Waals surface area contributed by atoms with E-state index in [-0.39, 0.29) is 19.0 Å². The number of hydrogen-bond acceptors (Lipinski definition) is 5. The van der Waals surface area contributed by atoms with E-state index in [9.17, 15) is 19.5 Å². The molecule has 2 heterocycles. The molecule has 0 aliphatic carbocycles. The Kier molecular flexibility index (Phi) is 4.32. The molecule has 1 aromatic rings. The summed E-state index contributed by atoms with van der Waals surface area (Å²) in [7, 11) is 0. The zero-order valence-electron chi connectivity index (χ0n) is 12.4. The lowest BCUT2D eigenvalue weighted by Gasteiger charge is -2.29. The smallest absolute Gasteiger partial charge is 0.328 e. The molecule has 0 fully saturated rings. The van der Waals surface area contributed by atoms with Crippen LogP contribution in [0, 0.1) is 6.92 Å². The van der Waals surface area contributed by atoms with Crippen molar-refractivity contribution in [2.75, 3.05) is 6.54 Å². The number of H-pyrrole nitrogens is 1. The number of carbonyl (C=O) groups excluding carboxylic acids is 1. The van der Waals surface area contributed by atoms with Gasteiger partial charge in [0, 0.05) is 23.5 Å². The van der Waals surface area contributed by atoms with E-state index < -0.39 is 17.4 Å². The highest BCUT2D eigenvalue weighted by molar-refractivity contribution is 5.94. The lowest BCUT2D eigenvalue weighted by Crippen LogP contribution is -2.42. The van der Waals surface area contributed by atoms with E-state index in [1.54, 1.807) is 24.9 Å². The molecule has 2 rings (SSSR count). The van der Waals surface area contributed by atoms with Crippen LogP contribution in [0.25, 0.3) is 0 Å². The number of carbonyl (C=O) groups is 1. The van der Waals surface area contributed by atoms with Gasteiger partial charge in [0.15, 0.2) is 0 Å². The summed E-state index contributed by atoms with van der Waals surface area (Å²) in [6.45, 7) is 7.10. The number of nitrogens with one attached hydrogen (secondary N) is 2. The fourth-order valence-corrected chi connectivity index (χ4v) is 2.10. The molecule has 3 N–H and O–H groups in total. The molecule has 1 amide bonds. The van der Waals surface area contributed by atoms with Crippen molar-refractivity contribution >= 4 is 5.91 Å². The summed E-state index contributed by atoms with van der Waals surface area (Å²) in [5.74, 6) is 0.128. The topological polar surface area (TPSA) is 107 Å². The molecule has 8 nitrogen and oxygen atoms in total. The fourth-order valence-electron chi connectivity index (χ4n) is 2.10. The molecule has 22 heavy (non-hydrogen) atoms. The molecule has 1 unspecified atom stereocenters. The first-order valence-corrected chi connectivity index (χ1v) is 6.71. The van der Waals surface area contributed by atoms with Gasteiger partial charge in [0.1, 0.15) is 5.82 Å². The van der Waals surface area contributed by atoms with Gasteiger partial charge in [0.25, 0.3) is 11.5 Å². The van der Waals surface area contributed by atoms with Crippen LogP contribution in [-0.2, 0) is 11.3 Å². The highest BCUT2D eigenvalue weighted by atomic mass is 16.3. The zero-order valence-corrected chi connectivity index (χ0v) is 12.4. The number of aromatic nitrogens is 2. The Hall–Kier alpha value is -2.61. The second-order valence-corrected chi connectivity index (χ2v) is 5.24. The minimum absolute atomic E-state index is 0.0149. The van der Waals surface area contributed by atoms with Gasteiger partial charge in [-0.3, -0.25) is 19.1 Å². The average molecular weight is 306 g/mol. The Morgan fingerprint density at radius 2 is 1.95 bits per heavy atom. The molecule has 118 valence electrons. The van der Waals surface area contributed by atoms with Gasteiger partial charge in [-0.1, -0.05) is 6.58 Å². The molecule has 0 saturated heterocycles. The number of hydrogen-bond donors (Lipinski definition) is 3. The number of β-amino-alcohol motifs (C(OH)–C–C–N with tert-alkyl or cyclic N) is 1. The molecular weight excluding hydrogens is 288 g/mol. The van der Waals surface area contributed by atoms with Crippen LogP contribution in [0.2, 0.25) is 0 Å². The lowest BCUT2D eigenvalue weighted by molar-refractivity contribution is -0.117. The normalized spacial score (nSPS) is 16.3. The molecule has 0 saturated carbocycles. The van der Waals surface area contributed by atoms with E-state index >= 15 is 0 Å². The molecule has 0 aromatic carbocycles. The van der Waals surface area contributed by atoms with Gasteiger partial charge in [0.05, 0.1) is 19.2 Å². The Bertz CT molecular complexity index is 759. The SMILES string of the molecule is C=C1NC(=O)C(C)=CN1CC(O)Cn1cc(C)c(=O)[nH]c1=O. The molecule has 8 heteroatoms. The number of rotatable bonds is 4. The van der Waals surface area contributed by atoms with Crippen LogP contribution in [0.5, 0.6) is 0 Å². The van der Waals surface area contributed by atoms with Crippen LogP contribution in [0.3, 0.4) is 0 Å². The molecule has 0 radical (unpaired) electrons. The number of amides is 1. The first kappa shape index (κ1) is 15.8. The highest BCUT2D eigenvalue weighted by Crippen LogP contribution is 2.11. The highest BCUT2D eigenvalue weighted by Gasteiger charge is 2.20. The van der Waals surface area contributed by atoms with E-state index in [1.165, 1.54) is 10.8 Å². The number of aromatic amines is 1. The van der Waals surface area contributed by atoms with Crippen molar-refractivity contribution < 1.29 is 9.90 Å². The predicted molar refractivity (Wildman–Crippen MR) is 79.8 cm³/mol. The summed E-state index contributed by atoms with van der Waals surface area (Å²) < 4.78 is 1.24. The maximum atomic E-state index is 11.7. The van der Waals surface area contributed by atoms with Crippen molar-refractivity contribution in [3.05, 3.63) is 56.8 Å². The zero-order chi connectivity index (χ0) is 16.4. The number of aryl methyl sites for hydroxylation is 1. The van der Waals surface area contributed by atoms with Crippen LogP contribution >= 0.6 is 0 Å². The van der Waals surface area contributed by atoms with Crippen molar-refractivity contribution in [2.24, 2.45) is 0 Å². The maximum Gasteiger partial charge on any atom is 0.328 e. The number of aliphatic hydroxyl groups excluding tert-OH is 1. The first-order valence-electron chi connectivity index (χ1n) is 6.71. The summed E-state index contributed by atoms with van der Waals surface area (Å²) in [5.41, 5.74) is -0.137. The molecule has 1 atom stereocenters. The van der Waals surface area contributed by atoms with E-state index in [1.807, 2.05) is 0 Å². The standard InChI is InChI=1S/C14H18N4O4/c1-8-4-17(10(3)15-12(8)20)6-11(19)7-18-5-9(2)13(21)16-14(18)22/h4-5,11,19H,3,6-7H2,1-2H3,(H,15,20)(H,16,21,22). The second kappa shape index (κ2) is 6.02. The van der Waals surface area contributed by atoms with Crippen molar-refractivity contribution in [3.63, 3.8) is 0 Å². The third kappa shape index (κ3) is 3.34. The van der Waals surface area contributed by atoms with Crippen molar-refractivity contribution in [2.45, 2.75) is 26.5 Å². The van der Waals surface area contributed by atoms with Gasteiger partial charge in [0.2, 0.25) is 0 Å². The van der Waals surface area contributed by atoms with Gasteiger partial charge >= 0.3 is 5.69 Å². The minimum atomic E-state index is -0.890. The summed E-state index contributed by atoms with van der Waals surface area (Å²) in [6.07, 6.45) is 2.10. The molecule has 1 aromatic heterocycles. The van der Waals surface area contributed by atoms with Crippen LogP contribution in [0.4, 0.5) is 0 Å². The van der Waals surface area contributed by atoms with Crippen LogP contribution in [-0.4, -0.2) is 38.1 Å². The molecule has 1 aliphatic rings. The van der Waals surface area contributed by atoms with Gasteiger partial charge in [-0.2, -0.15) is 0 Å². The van der Waals surface area contributed by atoms with E-state index in [4.69, 9.17) is 0 Å². The molecule has 0 spiro atoms. The lowest BCUT2D eigenvalue weighted by atomic mass is 10.2. The van der Waals surface area contributed by atoms with Crippen molar-refractivity contribution in [1.82, 2.24) is 19.8 Å². The quantitative estimate of drug-likeness (QED) is 0.662. The molecule has 0 bridgehead atoms. The van der Waals surface area contributed by atoms with Crippen LogP contribution in [0.15, 0.2) is 40.0 Å². The number of nitrogens with zero attached hydrogens (tertiary/aromatic N) is 2. The van der Waals surface area contributed by atoms with Gasteiger partial charge in [-0.05, 0) is 13.8 Å². The van der Waals surface area contributed by atoms with Gasteiger partial charge in [-0.25, -0.2) is 4.79 Å². The molecule has 1 aliphatic heterocycles. The fraction of sp³-hybridized carbons (Fsp3) is 0.357. The van der Waals surface area contributed by atoms with Crippen molar-refractivity contribution in [3.8, 4) is 0 Å². The predicted octanol–water partition coefficient (Wildman–Crippen LogP) is -0.987. The first-order chi connectivity index (χ1) is 10.3. The Morgan fingerprint density at radius 1 is 1.27 bits per heavy atom. The Balaban J connectivity index is 2.11. The van der Waals surface area contributed by atoms with Crippen LogP contribution < -0.4 is 16.6 Å². The minimum Gasteiger partial charge on any atom is -0.389 e. The van der Waals surface area contributed by atoms with Gasteiger partial charge < -0.3 is 15.3 Å². The monoisotopic (exact) mass is 306 g/mol. The summed E-state index contributed by atoms with van der Waals surface area (Å²) in [5, 5.41) is 12.7. The Labute approximate surface area is 126 Å². The Morgan fingerprint density at radius 3 is 2.64 bits per heavy atom. The summed E-state index contributed by atoms with van der Waals surface area (Å²) in [6, 6.07) is 0. The average Bonchev–Trinajstić information content (AvgIpc) is 2.42. The van der Waals surface area contributed by atoms with Crippen molar-refractivity contribution in [1.29, 1.82) is 0 Å². The van der Waals surface area contributed by atoms with E-state index in [0.29, 0.717) is 17.0 Å². The van der Waals surface area contributed by atoms with E-state index in [0.717, 1.165) is 0 Å². The summed E-state index contributed by atoms with van der Waals surface area (Å²) in [4.78, 5) is 38.2. The largest absolute Gasteiger partial charge is 0.389 e. The van der Waals surface area contributed by atoms with Crippen LogP contribution in [0.1, 0.15) is 12.5 Å². The summed E-state index contributed by atoms with van der Waals surface area (Å²) >= 11 is 0. The third-order valence-corrected chi connectivity index (χ3v) is 3.32. The van der Waals surface area contributed by atoms with E-state index in [2.05, 4.69) is 16.9 Å².